The van der Waals surface area contributed by atoms with Gasteiger partial charge in [0.25, 0.3) is 6.47 Å². The van der Waals surface area contributed by atoms with Crippen molar-refractivity contribution in [3.8, 4) is 0 Å². The Balaban J connectivity index is 1.97. The number of ether oxygens (including phenoxy) is 1. The summed E-state index contributed by atoms with van der Waals surface area (Å²) in [6, 6.07) is 0. The molecule has 2 atom stereocenters. The van der Waals surface area contributed by atoms with Gasteiger partial charge >= 0.3 is 0 Å². The number of carbonyl (C=O) groups is 2. The Labute approximate surface area is 102 Å². The molecule has 0 radical (unpaired) electrons. The Hall–Kier alpha value is -1.06. The highest BCUT2D eigenvalue weighted by Gasteiger charge is 2.38. The molecule has 1 aliphatic heterocycles. The lowest BCUT2D eigenvalue weighted by atomic mass is 9.79. The molecule has 0 bridgehead atoms. The average Bonchev–Trinajstić information content (AvgIpc) is 2.75. The van der Waals surface area contributed by atoms with Crippen LogP contribution in [0.25, 0.3) is 0 Å². The quantitative estimate of drug-likeness (QED) is 0.707. The van der Waals surface area contributed by atoms with E-state index in [1.54, 1.807) is 11.8 Å². The Kier molecular flexibility index (Phi) is 4.02. The van der Waals surface area contributed by atoms with Crippen molar-refractivity contribution in [1.29, 1.82) is 0 Å². The molecule has 17 heavy (non-hydrogen) atoms. The summed E-state index contributed by atoms with van der Waals surface area (Å²) in [5.41, 5.74) is 0. The maximum absolute atomic E-state index is 11.5. The highest BCUT2D eigenvalue weighted by molar-refractivity contribution is 5.73. The minimum atomic E-state index is -0.322. The zero-order valence-corrected chi connectivity index (χ0v) is 10.4. The Morgan fingerprint density at radius 1 is 1.24 bits per heavy atom. The van der Waals surface area contributed by atoms with Gasteiger partial charge in [-0.1, -0.05) is 32.1 Å². The molecule has 0 aromatic rings. The van der Waals surface area contributed by atoms with Crippen molar-refractivity contribution in [3.05, 3.63) is 0 Å². The van der Waals surface area contributed by atoms with Crippen molar-refractivity contribution < 1.29 is 14.3 Å². The van der Waals surface area contributed by atoms with Crippen LogP contribution in [0.4, 0.5) is 0 Å². The predicted molar refractivity (Wildman–Crippen MR) is 63.0 cm³/mol. The van der Waals surface area contributed by atoms with E-state index in [2.05, 4.69) is 0 Å². The van der Waals surface area contributed by atoms with E-state index in [0.717, 1.165) is 13.0 Å². The van der Waals surface area contributed by atoms with Crippen molar-refractivity contribution >= 4 is 12.4 Å². The van der Waals surface area contributed by atoms with Crippen molar-refractivity contribution in [2.45, 2.75) is 51.7 Å². The Morgan fingerprint density at radius 2 is 1.94 bits per heavy atom. The number of carbonyl (C=O) groups excluding carboxylic acids is 2. The lowest BCUT2D eigenvalue weighted by molar-refractivity contribution is -0.149. The minimum Gasteiger partial charge on any atom is -0.444 e. The summed E-state index contributed by atoms with van der Waals surface area (Å²) in [5, 5.41) is 0. The van der Waals surface area contributed by atoms with E-state index in [1.165, 1.54) is 32.1 Å². The van der Waals surface area contributed by atoms with Gasteiger partial charge < -0.3 is 9.64 Å². The number of hydrogen-bond acceptors (Lipinski definition) is 3. The first-order valence-electron chi connectivity index (χ1n) is 6.58. The van der Waals surface area contributed by atoms with Crippen LogP contribution in [0.2, 0.25) is 0 Å². The van der Waals surface area contributed by atoms with Crippen LogP contribution in [0, 0.1) is 11.8 Å². The molecule has 2 unspecified atom stereocenters. The predicted octanol–water partition coefficient (Wildman–Crippen LogP) is 1.93. The molecule has 4 nitrogen and oxygen atoms in total. The largest absolute Gasteiger partial charge is 0.444 e. The third-order valence-corrected chi connectivity index (χ3v) is 4.22. The van der Waals surface area contributed by atoms with E-state index in [0.29, 0.717) is 18.3 Å². The first-order valence-corrected chi connectivity index (χ1v) is 6.58. The number of rotatable bonds is 3. The maximum atomic E-state index is 11.5. The van der Waals surface area contributed by atoms with Gasteiger partial charge in [-0.25, -0.2) is 0 Å². The fourth-order valence-electron chi connectivity index (χ4n) is 3.30. The molecule has 1 amide bonds. The highest BCUT2D eigenvalue weighted by atomic mass is 16.5. The molecule has 1 saturated carbocycles. The van der Waals surface area contributed by atoms with E-state index < -0.39 is 0 Å². The fraction of sp³-hybridized carbons (Fsp3) is 0.846. The monoisotopic (exact) mass is 239 g/mol. The lowest BCUT2D eigenvalue weighted by Crippen LogP contribution is -2.35. The van der Waals surface area contributed by atoms with Crippen LogP contribution in [0.5, 0.6) is 0 Å². The molecule has 2 aliphatic rings. The standard InChI is InChI=1S/C13H21NO3/c1-10(16)14-8-12(7-13(14)17-9-15)11-5-3-2-4-6-11/h9,11-13H,2-8H2,1H3. The van der Waals surface area contributed by atoms with E-state index in [9.17, 15) is 9.59 Å². The summed E-state index contributed by atoms with van der Waals surface area (Å²) in [6.07, 6.45) is 6.99. The number of nitrogens with zero attached hydrogens (tertiary/aromatic N) is 1. The van der Waals surface area contributed by atoms with Crippen LogP contribution in [-0.2, 0) is 14.3 Å². The molecular weight excluding hydrogens is 218 g/mol. The van der Waals surface area contributed by atoms with Crippen molar-refractivity contribution in [2.75, 3.05) is 6.54 Å². The highest BCUT2D eigenvalue weighted by Crippen LogP contribution is 2.37. The van der Waals surface area contributed by atoms with Crippen molar-refractivity contribution in [2.24, 2.45) is 11.8 Å². The van der Waals surface area contributed by atoms with E-state index in [1.807, 2.05) is 0 Å². The summed E-state index contributed by atoms with van der Waals surface area (Å²) in [6.45, 7) is 2.77. The average molecular weight is 239 g/mol. The minimum absolute atomic E-state index is 0.00941. The molecule has 1 aliphatic carbocycles. The molecule has 0 N–H and O–H groups in total. The molecule has 4 heteroatoms. The van der Waals surface area contributed by atoms with Gasteiger partial charge in [0.15, 0.2) is 6.23 Å². The normalized spacial score (nSPS) is 30.3. The number of hydrogen-bond donors (Lipinski definition) is 0. The van der Waals surface area contributed by atoms with Crippen LogP contribution in [0.15, 0.2) is 0 Å². The van der Waals surface area contributed by atoms with Gasteiger partial charge in [0.1, 0.15) is 0 Å². The maximum Gasteiger partial charge on any atom is 0.295 e. The molecule has 1 heterocycles. The van der Waals surface area contributed by atoms with Crippen LogP contribution in [0.3, 0.4) is 0 Å². The summed E-state index contributed by atoms with van der Waals surface area (Å²) in [7, 11) is 0. The van der Waals surface area contributed by atoms with Gasteiger partial charge in [-0.3, -0.25) is 9.59 Å². The summed E-state index contributed by atoms with van der Waals surface area (Å²) in [4.78, 5) is 23.6. The first-order chi connectivity index (χ1) is 8.22. The van der Waals surface area contributed by atoms with E-state index in [-0.39, 0.29) is 12.1 Å². The smallest absolute Gasteiger partial charge is 0.295 e. The summed E-state index contributed by atoms with van der Waals surface area (Å²) >= 11 is 0. The van der Waals surface area contributed by atoms with Crippen LogP contribution < -0.4 is 0 Å². The molecular formula is C13H21NO3. The third kappa shape index (κ3) is 2.79. The molecule has 0 aromatic carbocycles. The second-order valence-corrected chi connectivity index (χ2v) is 5.25. The van der Waals surface area contributed by atoms with E-state index in [4.69, 9.17) is 4.74 Å². The zero-order valence-electron chi connectivity index (χ0n) is 10.4. The third-order valence-electron chi connectivity index (χ3n) is 4.22. The van der Waals surface area contributed by atoms with Gasteiger partial charge in [-0.15, -0.1) is 0 Å². The van der Waals surface area contributed by atoms with Gasteiger partial charge in [-0.2, -0.15) is 0 Å². The van der Waals surface area contributed by atoms with Gasteiger partial charge in [0.05, 0.1) is 0 Å². The number of likely N-dealkylation sites (tertiary alicyclic amines) is 1. The second kappa shape index (κ2) is 5.52. The SMILES string of the molecule is CC(=O)N1CC(C2CCCCC2)CC1OC=O. The fourth-order valence-corrected chi connectivity index (χ4v) is 3.30. The second-order valence-electron chi connectivity index (χ2n) is 5.25. The van der Waals surface area contributed by atoms with Crippen LogP contribution in [-0.4, -0.2) is 30.1 Å². The summed E-state index contributed by atoms with van der Waals surface area (Å²) in [5.74, 6) is 1.24. The Bertz CT molecular complexity index is 286. The first kappa shape index (κ1) is 12.4. The van der Waals surface area contributed by atoms with Gasteiger partial charge in [0, 0.05) is 19.9 Å². The van der Waals surface area contributed by atoms with Gasteiger partial charge in [-0.05, 0) is 11.8 Å². The summed E-state index contributed by atoms with van der Waals surface area (Å²) < 4.78 is 5.02. The molecule has 2 rings (SSSR count). The molecule has 0 aromatic heterocycles. The van der Waals surface area contributed by atoms with Crippen LogP contribution >= 0.6 is 0 Å². The molecule has 2 fully saturated rings. The lowest BCUT2D eigenvalue weighted by Gasteiger charge is -2.26. The molecule has 1 saturated heterocycles. The van der Waals surface area contributed by atoms with Gasteiger partial charge in [0.2, 0.25) is 5.91 Å². The Morgan fingerprint density at radius 3 is 2.53 bits per heavy atom. The van der Waals surface area contributed by atoms with Crippen LogP contribution in [0.1, 0.15) is 45.4 Å². The number of amides is 1. The zero-order chi connectivity index (χ0) is 12.3. The van der Waals surface area contributed by atoms with E-state index >= 15 is 0 Å². The molecule has 0 spiro atoms. The van der Waals surface area contributed by atoms with Crippen molar-refractivity contribution in [1.82, 2.24) is 4.90 Å². The van der Waals surface area contributed by atoms with Crippen molar-refractivity contribution in [3.63, 3.8) is 0 Å². The molecule has 96 valence electrons. The topological polar surface area (TPSA) is 46.6 Å².